The number of hydrogen-bond acceptors (Lipinski definition) is 6. The van der Waals surface area contributed by atoms with Crippen molar-refractivity contribution in [1.82, 2.24) is 30.0 Å². The number of ether oxygens (including phenoxy) is 1. The minimum absolute atomic E-state index is 0.0296. The minimum atomic E-state index is -0.734. The van der Waals surface area contributed by atoms with E-state index in [1.165, 1.54) is 5.56 Å². The summed E-state index contributed by atoms with van der Waals surface area (Å²) in [7, 11) is 0. The molecule has 9 heteroatoms. The van der Waals surface area contributed by atoms with Crippen LogP contribution in [0.3, 0.4) is 0 Å². The summed E-state index contributed by atoms with van der Waals surface area (Å²) in [5.41, 5.74) is 11.6. The maximum atomic E-state index is 11.4. The van der Waals surface area contributed by atoms with Crippen LogP contribution in [0, 0.1) is 0 Å². The molecule has 0 atom stereocenters. The van der Waals surface area contributed by atoms with E-state index >= 15 is 0 Å². The van der Waals surface area contributed by atoms with Crippen molar-refractivity contribution >= 4 is 11.7 Å². The van der Waals surface area contributed by atoms with Crippen LogP contribution in [0.5, 0.6) is 0 Å². The largest absolute Gasteiger partial charge is 0.444 e. The van der Waals surface area contributed by atoms with Gasteiger partial charge in [0.2, 0.25) is 5.82 Å². The number of nitrogens with one attached hydrogen (secondary N) is 1. The molecule has 0 spiro atoms. The van der Waals surface area contributed by atoms with Crippen LogP contribution in [0.15, 0.2) is 72.9 Å². The summed E-state index contributed by atoms with van der Waals surface area (Å²) < 4.78 is 7.53. The fourth-order valence-electron chi connectivity index (χ4n) is 5.82. The van der Waals surface area contributed by atoms with Gasteiger partial charge in [0.1, 0.15) is 11.2 Å². The van der Waals surface area contributed by atoms with Crippen LogP contribution in [0.4, 0.5) is 4.79 Å². The Labute approximate surface area is 220 Å². The van der Waals surface area contributed by atoms with Gasteiger partial charge in [0.25, 0.3) is 0 Å². The number of aromatic amines is 1. The average molecular weight is 508 g/mol. The predicted octanol–water partition coefficient (Wildman–Crippen LogP) is 5.53. The zero-order valence-electron chi connectivity index (χ0n) is 21.4. The number of amides is 1. The molecule has 0 saturated heterocycles. The third kappa shape index (κ3) is 4.30. The normalized spacial score (nSPS) is 14.8. The molecule has 1 aliphatic rings. The molecule has 0 aliphatic heterocycles. The van der Waals surface area contributed by atoms with Crippen LogP contribution in [0.2, 0.25) is 0 Å². The number of pyridine rings is 1. The Morgan fingerprint density at radius 1 is 1.05 bits per heavy atom. The Kier molecular flexibility index (Phi) is 5.71. The Balaban J connectivity index is 1.41. The fraction of sp³-hybridized carbons (Fsp3) is 0.276. The van der Waals surface area contributed by atoms with Gasteiger partial charge in [-0.2, -0.15) is 5.21 Å². The van der Waals surface area contributed by atoms with Crippen molar-refractivity contribution < 1.29 is 9.53 Å². The molecule has 1 fully saturated rings. The number of nitrogens with zero attached hydrogens (tertiary/aromatic N) is 5. The zero-order chi connectivity index (χ0) is 26.3. The Hall–Kier alpha value is -4.53. The maximum absolute atomic E-state index is 11.4. The predicted molar refractivity (Wildman–Crippen MR) is 144 cm³/mol. The van der Waals surface area contributed by atoms with E-state index in [-0.39, 0.29) is 5.41 Å². The molecule has 192 valence electrons. The monoisotopic (exact) mass is 507 g/mol. The summed E-state index contributed by atoms with van der Waals surface area (Å²) in [6.45, 7) is 3.86. The van der Waals surface area contributed by atoms with Crippen molar-refractivity contribution in [2.24, 2.45) is 5.73 Å². The lowest BCUT2D eigenvalue weighted by Gasteiger charge is -2.46. The number of aromatic nitrogens is 6. The van der Waals surface area contributed by atoms with Crippen LogP contribution >= 0.6 is 0 Å². The zero-order valence-corrected chi connectivity index (χ0v) is 21.4. The molecular weight excluding hydrogens is 478 g/mol. The van der Waals surface area contributed by atoms with E-state index in [0.717, 1.165) is 59.4 Å². The molecule has 9 nitrogen and oxygen atoms in total. The first kappa shape index (κ1) is 23.8. The molecule has 1 saturated carbocycles. The standard InChI is InChI=1S/C29H29N7O2/c1-28(2,38-27(30)37)18-29(14-6-15-29)22-11-9-19(10-12-22)24-25(20-7-4-3-5-8-20)36-16-13-21(17-23(36)31-24)26-32-34-35-33-26/h3-5,7-13,16-17H,6,14-15,18H2,1-2H3,(H2,30,37)(H,32,33,34,35). The molecule has 38 heavy (non-hydrogen) atoms. The number of nitrogens with two attached hydrogens (primary N) is 1. The van der Waals surface area contributed by atoms with Crippen LogP contribution in [-0.2, 0) is 10.2 Å². The van der Waals surface area contributed by atoms with E-state index in [1.54, 1.807) is 0 Å². The second kappa shape index (κ2) is 9.09. The van der Waals surface area contributed by atoms with Gasteiger partial charge in [0.05, 0.1) is 11.4 Å². The van der Waals surface area contributed by atoms with Gasteiger partial charge in [-0.15, -0.1) is 10.2 Å². The van der Waals surface area contributed by atoms with Gasteiger partial charge in [0.15, 0.2) is 0 Å². The SMILES string of the molecule is CC(C)(CC1(c2ccc(-c3nc4cc(-c5nn[nH]n5)ccn4c3-c3ccccc3)cc2)CCC1)OC(N)=O. The molecule has 3 N–H and O–H groups in total. The summed E-state index contributed by atoms with van der Waals surface area (Å²) in [5, 5.41) is 14.4. The van der Waals surface area contributed by atoms with Gasteiger partial charge in [-0.1, -0.05) is 61.0 Å². The second-order valence-corrected chi connectivity index (χ2v) is 10.6. The van der Waals surface area contributed by atoms with E-state index in [1.807, 2.05) is 50.4 Å². The fourth-order valence-corrected chi connectivity index (χ4v) is 5.82. The Morgan fingerprint density at radius 2 is 1.82 bits per heavy atom. The molecule has 1 amide bonds. The molecule has 0 unspecified atom stereocenters. The number of primary amides is 1. The average Bonchev–Trinajstić information content (AvgIpc) is 3.54. The van der Waals surface area contributed by atoms with E-state index < -0.39 is 11.7 Å². The van der Waals surface area contributed by atoms with Crippen molar-refractivity contribution in [3.05, 3.63) is 78.5 Å². The van der Waals surface area contributed by atoms with Crippen molar-refractivity contribution in [2.75, 3.05) is 0 Å². The Morgan fingerprint density at radius 3 is 2.45 bits per heavy atom. The van der Waals surface area contributed by atoms with E-state index in [4.69, 9.17) is 15.5 Å². The number of imidazole rings is 1. The first-order valence-electron chi connectivity index (χ1n) is 12.7. The van der Waals surface area contributed by atoms with Crippen molar-refractivity contribution in [3.8, 4) is 33.9 Å². The molecule has 0 radical (unpaired) electrons. The lowest BCUT2D eigenvalue weighted by Crippen LogP contribution is -2.44. The minimum Gasteiger partial charge on any atom is -0.444 e. The molecule has 3 heterocycles. The molecule has 1 aliphatic carbocycles. The summed E-state index contributed by atoms with van der Waals surface area (Å²) in [5.74, 6) is 0.525. The van der Waals surface area contributed by atoms with Gasteiger partial charge in [-0.05, 0) is 61.4 Å². The van der Waals surface area contributed by atoms with E-state index in [2.05, 4.69) is 61.4 Å². The summed E-state index contributed by atoms with van der Waals surface area (Å²) >= 11 is 0. The van der Waals surface area contributed by atoms with Gasteiger partial charge in [-0.25, -0.2) is 9.78 Å². The van der Waals surface area contributed by atoms with Crippen molar-refractivity contribution in [2.45, 2.75) is 50.5 Å². The van der Waals surface area contributed by atoms with Crippen molar-refractivity contribution in [3.63, 3.8) is 0 Å². The number of carbonyl (C=O) groups excluding carboxylic acids is 1. The molecule has 3 aromatic heterocycles. The van der Waals surface area contributed by atoms with Crippen molar-refractivity contribution in [1.29, 1.82) is 0 Å². The quantitative estimate of drug-likeness (QED) is 0.298. The number of H-pyrrole nitrogens is 1. The van der Waals surface area contributed by atoms with Crippen LogP contribution in [-0.4, -0.2) is 41.7 Å². The van der Waals surface area contributed by atoms with Crippen LogP contribution in [0.25, 0.3) is 39.5 Å². The molecule has 0 bridgehead atoms. The first-order chi connectivity index (χ1) is 18.3. The van der Waals surface area contributed by atoms with Crippen LogP contribution in [0.1, 0.15) is 45.1 Å². The highest BCUT2D eigenvalue weighted by atomic mass is 16.6. The van der Waals surface area contributed by atoms with Gasteiger partial charge >= 0.3 is 6.09 Å². The molecule has 6 rings (SSSR count). The van der Waals surface area contributed by atoms with E-state index in [9.17, 15) is 4.79 Å². The van der Waals surface area contributed by atoms with Gasteiger partial charge in [0, 0.05) is 22.9 Å². The number of tetrazole rings is 1. The number of rotatable bonds is 7. The third-order valence-corrected chi connectivity index (χ3v) is 7.50. The van der Waals surface area contributed by atoms with E-state index in [0.29, 0.717) is 5.82 Å². The summed E-state index contributed by atoms with van der Waals surface area (Å²) in [4.78, 5) is 16.5. The summed E-state index contributed by atoms with van der Waals surface area (Å²) in [6, 6.07) is 22.9. The third-order valence-electron chi connectivity index (χ3n) is 7.50. The highest BCUT2D eigenvalue weighted by molar-refractivity contribution is 5.83. The highest BCUT2D eigenvalue weighted by Gasteiger charge is 2.44. The lowest BCUT2D eigenvalue weighted by molar-refractivity contribution is 0.00510. The Bertz CT molecular complexity index is 1590. The maximum Gasteiger partial charge on any atom is 0.405 e. The van der Waals surface area contributed by atoms with Gasteiger partial charge in [-0.3, -0.25) is 4.40 Å². The first-order valence-corrected chi connectivity index (χ1v) is 12.7. The van der Waals surface area contributed by atoms with Gasteiger partial charge < -0.3 is 10.5 Å². The number of hydrogen-bond donors (Lipinski definition) is 2. The number of carbonyl (C=O) groups is 1. The van der Waals surface area contributed by atoms with Crippen LogP contribution < -0.4 is 5.73 Å². The lowest BCUT2D eigenvalue weighted by atomic mass is 9.60. The number of benzene rings is 2. The highest BCUT2D eigenvalue weighted by Crippen LogP contribution is 2.50. The second-order valence-electron chi connectivity index (χ2n) is 10.6. The summed E-state index contributed by atoms with van der Waals surface area (Å²) in [6.07, 6.45) is 5.26. The topological polar surface area (TPSA) is 124 Å². The smallest absolute Gasteiger partial charge is 0.405 e. The molecular formula is C29H29N7O2. The molecule has 5 aromatic rings. The number of fused-ring (bicyclic) bond motifs is 1. The molecule has 2 aromatic carbocycles.